The second-order valence-electron chi connectivity index (χ2n) is 3.52. The number of hydrogen-bond donors (Lipinski definition) is 1. The lowest BCUT2D eigenvalue weighted by Gasteiger charge is -2.05. The van der Waals surface area contributed by atoms with Crippen molar-refractivity contribution in [3.05, 3.63) is 59.9 Å². The first kappa shape index (κ1) is 11.6. The number of anilines is 1. The largest absolute Gasteiger partial charge is 0.322 e. The molecule has 1 aromatic carbocycles. The van der Waals surface area contributed by atoms with Crippen LogP contribution in [0.25, 0.3) is 0 Å². The summed E-state index contributed by atoms with van der Waals surface area (Å²) in [6.07, 6.45) is 3.26. The van der Waals surface area contributed by atoms with Crippen molar-refractivity contribution in [3.8, 4) is 0 Å². The lowest BCUT2D eigenvalue weighted by atomic mass is 10.1. The van der Waals surface area contributed by atoms with Gasteiger partial charge in [0, 0.05) is 29.5 Å². The van der Waals surface area contributed by atoms with Crippen LogP contribution in [-0.4, -0.2) is 10.9 Å². The first-order valence-corrected chi connectivity index (χ1v) is 5.69. The van der Waals surface area contributed by atoms with Crippen molar-refractivity contribution in [2.24, 2.45) is 0 Å². The van der Waals surface area contributed by atoms with Crippen molar-refractivity contribution in [1.82, 2.24) is 4.98 Å². The Morgan fingerprint density at radius 2 is 1.76 bits per heavy atom. The Kier molecular flexibility index (Phi) is 3.73. The fourth-order valence-electron chi connectivity index (χ4n) is 1.38. The number of amides is 1. The van der Waals surface area contributed by atoms with E-state index < -0.39 is 0 Å². The monoisotopic (exact) mass is 246 g/mol. The number of nitrogens with one attached hydrogen (secondary N) is 1. The fourth-order valence-corrected chi connectivity index (χ4v) is 1.56. The second-order valence-corrected chi connectivity index (χ2v) is 3.79. The van der Waals surface area contributed by atoms with Gasteiger partial charge in [-0.3, -0.25) is 9.78 Å². The highest BCUT2D eigenvalue weighted by atomic mass is 35.5. The maximum Gasteiger partial charge on any atom is 0.255 e. The zero-order valence-electron chi connectivity index (χ0n) is 9.06. The van der Waals surface area contributed by atoms with Crippen LogP contribution < -0.4 is 5.32 Å². The molecule has 4 heteroatoms. The number of carbonyl (C=O) groups excluding carboxylic acids is 1. The highest BCUT2D eigenvalue weighted by Gasteiger charge is 2.05. The van der Waals surface area contributed by atoms with Crippen molar-refractivity contribution in [2.75, 3.05) is 5.32 Å². The van der Waals surface area contributed by atoms with Gasteiger partial charge < -0.3 is 5.32 Å². The Labute approximate surface area is 104 Å². The number of benzene rings is 1. The summed E-state index contributed by atoms with van der Waals surface area (Å²) < 4.78 is 0. The molecule has 0 saturated carbocycles. The number of pyridine rings is 1. The minimum Gasteiger partial charge on any atom is -0.322 e. The third kappa shape index (κ3) is 3.04. The third-order valence-electron chi connectivity index (χ3n) is 2.31. The van der Waals surface area contributed by atoms with Crippen LogP contribution in [0.15, 0.2) is 48.8 Å². The minimum atomic E-state index is -0.141. The molecular weight excluding hydrogens is 236 g/mol. The molecule has 1 amide bonds. The van der Waals surface area contributed by atoms with Gasteiger partial charge in [0.1, 0.15) is 0 Å². The van der Waals surface area contributed by atoms with Gasteiger partial charge in [0.25, 0.3) is 5.91 Å². The van der Waals surface area contributed by atoms with Gasteiger partial charge >= 0.3 is 0 Å². The Morgan fingerprint density at radius 3 is 2.35 bits per heavy atom. The summed E-state index contributed by atoms with van der Waals surface area (Å²) in [6.45, 7) is 0. The molecule has 1 aromatic heterocycles. The average molecular weight is 247 g/mol. The molecule has 0 atom stereocenters. The van der Waals surface area contributed by atoms with Gasteiger partial charge in [-0.15, -0.1) is 11.6 Å². The van der Waals surface area contributed by atoms with Gasteiger partial charge in [-0.25, -0.2) is 0 Å². The van der Waals surface area contributed by atoms with Crippen LogP contribution in [0.1, 0.15) is 15.9 Å². The van der Waals surface area contributed by atoms with Gasteiger partial charge in [0.15, 0.2) is 0 Å². The molecular formula is C13H11ClN2O. The zero-order chi connectivity index (χ0) is 12.1. The molecule has 2 aromatic rings. The predicted molar refractivity (Wildman–Crippen MR) is 68.2 cm³/mol. The van der Waals surface area contributed by atoms with E-state index in [-0.39, 0.29) is 5.91 Å². The molecule has 2 rings (SSSR count). The van der Waals surface area contributed by atoms with Crippen molar-refractivity contribution in [3.63, 3.8) is 0 Å². The number of hydrogen-bond acceptors (Lipinski definition) is 2. The first-order chi connectivity index (χ1) is 8.29. The Balaban J connectivity index is 2.09. The number of rotatable bonds is 3. The first-order valence-electron chi connectivity index (χ1n) is 5.16. The van der Waals surface area contributed by atoms with E-state index in [1.807, 2.05) is 12.1 Å². The predicted octanol–water partition coefficient (Wildman–Crippen LogP) is 3.07. The molecule has 0 radical (unpaired) electrons. The van der Waals surface area contributed by atoms with Crippen LogP contribution in [0.3, 0.4) is 0 Å². The third-order valence-corrected chi connectivity index (χ3v) is 2.62. The molecule has 0 aliphatic heterocycles. The van der Waals surface area contributed by atoms with Crippen LogP contribution in [0, 0.1) is 0 Å². The molecule has 0 aliphatic carbocycles. The Hall–Kier alpha value is -1.87. The summed E-state index contributed by atoms with van der Waals surface area (Å²) in [6, 6.07) is 10.7. The smallest absolute Gasteiger partial charge is 0.255 e. The normalized spacial score (nSPS) is 9.94. The van der Waals surface area contributed by atoms with E-state index in [1.165, 1.54) is 0 Å². The quantitative estimate of drug-likeness (QED) is 0.846. The Bertz CT molecular complexity index is 497. The average Bonchev–Trinajstić information content (AvgIpc) is 2.40. The Morgan fingerprint density at radius 1 is 1.12 bits per heavy atom. The molecule has 1 N–H and O–H groups in total. The van der Waals surface area contributed by atoms with Gasteiger partial charge in [-0.2, -0.15) is 0 Å². The van der Waals surface area contributed by atoms with Crippen molar-refractivity contribution in [2.45, 2.75) is 5.88 Å². The lowest BCUT2D eigenvalue weighted by Crippen LogP contribution is -2.11. The van der Waals surface area contributed by atoms with E-state index >= 15 is 0 Å². The lowest BCUT2D eigenvalue weighted by molar-refractivity contribution is 0.102. The number of halogens is 1. The van der Waals surface area contributed by atoms with Crippen molar-refractivity contribution >= 4 is 23.2 Å². The van der Waals surface area contributed by atoms with E-state index in [0.29, 0.717) is 11.4 Å². The highest BCUT2D eigenvalue weighted by molar-refractivity contribution is 6.17. The highest BCUT2D eigenvalue weighted by Crippen LogP contribution is 2.10. The van der Waals surface area contributed by atoms with Gasteiger partial charge in [0.2, 0.25) is 0 Å². The zero-order valence-corrected chi connectivity index (χ0v) is 9.82. The summed E-state index contributed by atoms with van der Waals surface area (Å²) in [5.41, 5.74) is 2.33. The number of alkyl halides is 1. The molecule has 0 bridgehead atoms. The van der Waals surface area contributed by atoms with Crippen LogP contribution >= 0.6 is 11.6 Å². The molecule has 1 heterocycles. The van der Waals surface area contributed by atoms with Gasteiger partial charge in [0.05, 0.1) is 0 Å². The maximum atomic E-state index is 11.8. The SMILES string of the molecule is O=C(Nc1ccncc1)c1ccc(CCl)cc1. The number of nitrogens with zero attached hydrogens (tertiary/aromatic N) is 1. The van der Waals surface area contributed by atoms with Crippen LogP contribution in [0.2, 0.25) is 0 Å². The number of carbonyl (C=O) groups is 1. The summed E-state index contributed by atoms with van der Waals surface area (Å²) in [5, 5.41) is 2.78. The standard InChI is InChI=1S/C13H11ClN2O/c14-9-10-1-3-11(4-2-10)13(17)16-12-5-7-15-8-6-12/h1-8H,9H2,(H,15,16,17). The molecule has 0 saturated heterocycles. The summed E-state index contributed by atoms with van der Waals surface area (Å²) in [7, 11) is 0. The van der Waals surface area contributed by atoms with E-state index in [4.69, 9.17) is 11.6 Å². The topological polar surface area (TPSA) is 42.0 Å². The summed E-state index contributed by atoms with van der Waals surface area (Å²) in [4.78, 5) is 15.7. The van der Waals surface area contributed by atoms with Crippen LogP contribution in [0.4, 0.5) is 5.69 Å². The summed E-state index contributed by atoms with van der Waals surface area (Å²) in [5.74, 6) is 0.309. The molecule has 0 fully saturated rings. The summed E-state index contributed by atoms with van der Waals surface area (Å²) >= 11 is 5.68. The molecule has 17 heavy (non-hydrogen) atoms. The van der Waals surface area contributed by atoms with Crippen molar-refractivity contribution in [1.29, 1.82) is 0 Å². The second kappa shape index (κ2) is 5.46. The van der Waals surface area contributed by atoms with E-state index in [1.54, 1.807) is 36.7 Å². The fraction of sp³-hybridized carbons (Fsp3) is 0.0769. The minimum absolute atomic E-state index is 0.141. The van der Waals surface area contributed by atoms with Crippen LogP contribution in [0.5, 0.6) is 0 Å². The molecule has 0 aliphatic rings. The van der Waals surface area contributed by atoms with Gasteiger partial charge in [-0.1, -0.05) is 12.1 Å². The van der Waals surface area contributed by atoms with Crippen LogP contribution in [-0.2, 0) is 5.88 Å². The molecule has 86 valence electrons. The molecule has 0 unspecified atom stereocenters. The van der Waals surface area contributed by atoms with Gasteiger partial charge in [-0.05, 0) is 29.8 Å². The van der Waals surface area contributed by atoms with E-state index in [2.05, 4.69) is 10.3 Å². The molecule has 3 nitrogen and oxygen atoms in total. The number of aromatic nitrogens is 1. The van der Waals surface area contributed by atoms with E-state index in [9.17, 15) is 4.79 Å². The van der Waals surface area contributed by atoms with E-state index in [0.717, 1.165) is 11.3 Å². The molecule has 0 spiro atoms. The van der Waals surface area contributed by atoms with Crippen molar-refractivity contribution < 1.29 is 4.79 Å². The maximum absolute atomic E-state index is 11.8.